The van der Waals surface area contributed by atoms with Crippen LogP contribution in [0.15, 0.2) is 125 Å². The second-order valence-corrected chi connectivity index (χ2v) is 7.71. The smallest absolute Gasteiger partial charge is 0.123 e. The van der Waals surface area contributed by atoms with Crippen LogP contribution in [0.25, 0.3) is 11.1 Å². The molecule has 0 saturated carbocycles. The van der Waals surface area contributed by atoms with Crippen molar-refractivity contribution in [2.24, 2.45) is 0 Å². The standard InChI is InChI=1S/C19H16N2OS.C12H4/c1-13-17(14-6-3-2-4-7-14)8-5-9-18(13)22-12-16-10-15(11-20)19(21)23-16;1-3-5-7-9-11-12-10-8-6-4-2/h2-10H,12,21H2,1H3;1-2H2. The van der Waals surface area contributed by atoms with E-state index in [0.29, 0.717) is 17.2 Å². The number of ether oxygens (including phenoxy) is 1. The Bertz CT molecular complexity index is 1560. The maximum atomic E-state index is 8.96. The van der Waals surface area contributed by atoms with Gasteiger partial charge in [0.25, 0.3) is 0 Å². The molecule has 1 heterocycles. The van der Waals surface area contributed by atoms with Crippen LogP contribution >= 0.6 is 11.3 Å². The normalized spacial score (nSPS) is 8.00. The van der Waals surface area contributed by atoms with Gasteiger partial charge in [-0.2, -0.15) is 5.26 Å². The summed E-state index contributed by atoms with van der Waals surface area (Å²) in [5.74, 6) is 0.844. The molecule has 3 nitrogen and oxygen atoms in total. The third-order valence-electron chi connectivity index (χ3n) is 4.29. The van der Waals surface area contributed by atoms with Crippen molar-refractivity contribution in [3.05, 3.63) is 141 Å². The molecule has 0 aliphatic rings. The summed E-state index contributed by atoms with van der Waals surface area (Å²) < 4.78 is 5.94. The zero-order chi connectivity index (χ0) is 25.3. The molecule has 4 heteroatoms. The first kappa shape index (κ1) is 26.0. The van der Waals surface area contributed by atoms with E-state index < -0.39 is 0 Å². The van der Waals surface area contributed by atoms with Crippen molar-refractivity contribution >= 4 is 16.3 Å². The number of nitriles is 1. The van der Waals surface area contributed by atoms with Gasteiger partial charge < -0.3 is 10.5 Å². The Hall–Kier alpha value is -5.23. The van der Waals surface area contributed by atoms with Crippen LogP contribution in [0.1, 0.15) is 16.0 Å². The Morgan fingerprint density at radius 1 is 0.857 bits per heavy atom. The van der Waals surface area contributed by atoms with Gasteiger partial charge in [0.05, 0.1) is 5.56 Å². The third-order valence-corrected chi connectivity index (χ3v) is 5.22. The number of benzene rings is 2. The molecule has 0 radical (unpaired) electrons. The van der Waals surface area contributed by atoms with Crippen molar-refractivity contribution in [3.8, 4) is 22.9 Å². The molecule has 2 N–H and O–H groups in total. The lowest BCUT2D eigenvalue weighted by molar-refractivity contribution is 0.308. The molecule has 166 valence electrons. The summed E-state index contributed by atoms with van der Waals surface area (Å²) >= 11 is 1.39. The molecule has 0 fully saturated rings. The molecule has 2 aromatic carbocycles. The van der Waals surface area contributed by atoms with E-state index in [9.17, 15) is 0 Å². The topological polar surface area (TPSA) is 59.0 Å². The molecular weight excluding hydrogens is 448 g/mol. The van der Waals surface area contributed by atoms with Crippen LogP contribution in [0.5, 0.6) is 5.75 Å². The van der Waals surface area contributed by atoms with Crippen LogP contribution in [-0.2, 0) is 6.61 Å². The minimum atomic E-state index is 0.412. The average molecular weight is 469 g/mol. The minimum absolute atomic E-state index is 0.412. The molecule has 0 aliphatic carbocycles. The molecule has 0 atom stereocenters. The second kappa shape index (κ2) is 14.8. The van der Waals surface area contributed by atoms with Gasteiger partial charge >= 0.3 is 0 Å². The lowest BCUT2D eigenvalue weighted by Crippen LogP contribution is -1.96. The zero-order valence-corrected chi connectivity index (χ0v) is 20.0. The van der Waals surface area contributed by atoms with Gasteiger partial charge in [0.1, 0.15) is 23.4 Å². The quantitative estimate of drug-likeness (QED) is 0.415. The monoisotopic (exact) mass is 468 g/mol. The number of thiophene rings is 1. The Labute approximate surface area is 209 Å². The maximum Gasteiger partial charge on any atom is 0.123 e. The molecule has 0 bridgehead atoms. The van der Waals surface area contributed by atoms with E-state index in [1.807, 2.05) is 30.3 Å². The highest BCUT2D eigenvalue weighted by molar-refractivity contribution is 7.16. The predicted octanol–water partition coefficient (Wildman–Crippen LogP) is 7.11. The molecule has 0 spiro atoms. The van der Waals surface area contributed by atoms with E-state index in [-0.39, 0.29) is 0 Å². The summed E-state index contributed by atoms with van der Waals surface area (Å²) in [6.07, 6.45) is 0. The predicted molar refractivity (Wildman–Crippen MR) is 141 cm³/mol. The van der Waals surface area contributed by atoms with Crippen molar-refractivity contribution in [2.75, 3.05) is 5.73 Å². The van der Waals surface area contributed by atoms with Crippen molar-refractivity contribution in [2.45, 2.75) is 13.5 Å². The highest BCUT2D eigenvalue weighted by Crippen LogP contribution is 2.31. The van der Waals surface area contributed by atoms with Crippen LogP contribution in [0.3, 0.4) is 0 Å². The van der Waals surface area contributed by atoms with Crippen LogP contribution in [0.4, 0.5) is 5.00 Å². The molecule has 3 rings (SSSR count). The fourth-order valence-corrected chi connectivity index (χ4v) is 3.53. The second-order valence-electron chi connectivity index (χ2n) is 6.54. The number of hydrogen-bond donors (Lipinski definition) is 1. The molecule has 0 saturated heterocycles. The van der Waals surface area contributed by atoms with Crippen LogP contribution in [0.2, 0.25) is 0 Å². The van der Waals surface area contributed by atoms with Gasteiger partial charge in [0.2, 0.25) is 0 Å². The summed E-state index contributed by atoms with van der Waals surface area (Å²) in [7, 11) is 0. The summed E-state index contributed by atoms with van der Waals surface area (Å²) in [4.78, 5) is 0.948. The largest absolute Gasteiger partial charge is 0.488 e. The molecule has 3 aromatic rings. The Morgan fingerprint density at radius 3 is 2.00 bits per heavy atom. The maximum absolute atomic E-state index is 8.96. The minimum Gasteiger partial charge on any atom is -0.488 e. The van der Waals surface area contributed by atoms with E-state index in [4.69, 9.17) is 15.7 Å². The number of nitrogens with zero attached hydrogens (tertiary/aromatic N) is 1. The highest BCUT2D eigenvalue weighted by Gasteiger charge is 2.09. The van der Waals surface area contributed by atoms with Crippen molar-refractivity contribution in [1.29, 1.82) is 5.26 Å². The Kier molecular flexibility index (Phi) is 11.0. The van der Waals surface area contributed by atoms with Gasteiger partial charge in [0.15, 0.2) is 0 Å². The van der Waals surface area contributed by atoms with E-state index >= 15 is 0 Å². The summed E-state index contributed by atoms with van der Waals surface area (Å²) in [5, 5.41) is 9.50. The third kappa shape index (κ3) is 8.67. The molecule has 35 heavy (non-hydrogen) atoms. The first-order chi connectivity index (χ1) is 17.1. The number of nitrogen functional groups attached to an aromatic ring is 1. The summed E-state index contributed by atoms with van der Waals surface area (Å²) in [6.45, 7) is 9.03. The van der Waals surface area contributed by atoms with Crippen molar-refractivity contribution in [1.82, 2.24) is 0 Å². The molecule has 0 unspecified atom stereocenters. The SMILES string of the molecule is C=C=C=C=C=C=C=C=C=C=C=C.Cc1c(OCc2cc(C#N)c(N)s2)cccc1-c1ccccc1. The van der Waals surface area contributed by atoms with Gasteiger partial charge in [-0.1, -0.05) is 53.9 Å². The Balaban J connectivity index is 0.000000307. The van der Waals surface area contributed by atoms with E-state index in [1.54, 1.807) is 6.07 Å². The van der Waals surface area contributed by atoms with E-state index in [0.717, 1.165) is 21.8 Å². The lowest BCUT2D eigenvalue weighted by Gasteiger charge is -2.12. The molecule has 0 amide bonds. The molecule has 0 aliphatic heterocycles. The zero-order valence-electron chi connectivity index (χ0n) is 19.2. The number of nitrogens with two attached hydrogens (primary N) is 1. The van der Waals surface area contributed by atoms with Gasteiger partial charge in [-0.05, 0) is 94.8 Å². The summed E-state index contributed by atoms with van der Waals surface area (Å²) in [5.41, 5.74) is 34.2. The first-order valence-electron chi connectivity index (χ1n) is 10.2. The number of anilines is 1. The molecular formula is C31H20N2OS. The van der Waals surface area contributed by atoms with E-state index in [1.165, 1.54) is 16.9 Å². The molecule has 1 aromatic heterocycles. The van der Waals surface area contributed by atoms with Gasteiger partial charge in [-0.15, -0.1) is 11.3 Å². The fourth-order valence-electron chi connectivity index (χ4n) is 2.74. The first-order valence-corrected chi connectivity index (χ1v) is 11.0. The fraction of sp³-hybridized carbons (Fsp3) is 0.0645. The number of hydrogen-bond acceptors (Lipinski definition) is 4. The Morgan fingerprint density at radius 2 is 1.46 bits per heavy atom. The van der Waals surface area contributed by atoms with Crippen molar-refractivity contribution < 1.29 is 4.74 Å². The van der Waals surface area contributed by atoms with Gasteiger partial charge in [-0.25, -0.2) is 0 Å². The van der Waals surface area contributed by atoms with Crippen molar-refractivity contribution in [3.63, 3.8) is 0 Å². The highest BCUT2D eigenvalue weighted by atomic mass is 32.1. The summed E-state index contributed by atoms with van der Waals surface area (Å²) in [6, 6.07) is 20.2. The lowest BCUT2D eigenvalue weighted by atomic mass is 10.00. The van der Waals surface area contributed by atoms with Gasteiger partial charge in [-0.3, -0.25) is 0 Å². The van der Waals surface area contributed by atoms with Crippen LogP contribution < -0.4 is 10.5 Å². The average Bonchev–Trinajstić information content (AvgIpc) is 3.25. The van der Waals surface area contributed by atoms with Crippen LogP contribution in [0, 0.1) is 18.3 Å². The van der Waals surface area contributed by atoms with Crippen LogP contribution in [-0.4, -0.2) is 0 Å². The number of rotatable bonds is 4. The van der Waals surface area contributed by atoms with E-state index in [2.05, 4.69) is 102 Å². The van der Waals surface area contributed by atoms with Gasteiger partial charge in [0, 0.05) is 4.88 Å².